The van der Waals surface area contributed by atoms with Gasteiger partial charge in [-0.3, -0.25) is 4.79 Å². The van der Waals surface area contributed by atoms with Gasteiger partial charge in [-0.15, -0.1) is 0 Å². The molecule has 138 valence electrons. The lowest BCUT2D eigenvalue weighted by atomic mass is 9.98. The molecule has 2 aliphatic heterocycles. The molecule has 1 aromatic carbocycles. The molecule has 7 heteroatoms. The van der Waals surface area contributed by atoms with Crippen molar-refractivity contribution < 1.29 is 17.9 Å². The largest absolute Gasteiger partial charge is 0.381 e. The van der Waals surface area contributed by atoms with Gasteiger partial charge >= 0.3 is 0 Å². The van der Waals surface area contributed by atoms with E-state index in [9.17, 15) is 13.2 Å². The summed E-state index contributed by atoms with van der Waals surface area (Å²) in [5, 5.41) is 0. The van der Waals surface area contributed by atoms with E-state index in [1.165, 1.54) is 4.31 Å². The van der Waals surface area contributed by atoms with Gasteiger partial charge in [-0.25, -0.2) is 8.42 Å². The second-order valence-corrected chi connectivity index (χ2v) is 9.11. The molecule has 1 fully saturated rings. The van der Waals surface area contributed by atoms with Crippen molar-refractivity contribution in [3.05, 3.63) is 29.3 Å². The standard InChI is InChI=1S/C18H26N2O4S/c1-13(2)19(3)25(22,23)17-5-4-15-11-20(8-6-14(15)10-17)18(21)16-7-9-24-12-16/h4-5,10,13,16H,6-9,11-12H2,1-3H3/t16-/m1/s1. The van der Waals surface area contributed by atoms with Crippen molar-refractivity contribution >= 4 is 15.9 Å². The predicted molar refractivity (Wildman–Crippen MR) is 94.6 cm³/mol. The van der Waals surface area contributed by atoms with Crippen molar-refractivity contribution in [1.82, 2.24) is 9.21 Å². The number of ether oxygens (including phenoxy) is 1. The molecule has 3 rings (SSSR count). The minimum Gasteiger partial charge on any atom is -0.381 e. The van der Waals surface area contributed by atoms with Gasteiger partial charge in [0.15, 0.2) is 0 Å². The second-order valence-electron chi connectivity index (χ2n) is 7.12. The van der Waals surface area contributed by atoms with E-state index >= 15 is 0 Å². The highest BCUT2D eigenvalue weighted by Crippen LogP contribution is 2.26. The Morgan fingerprint density at radius 1 is 1.32 bits per heavy atom. The smallest absolute Gasteiger partial charge is 0.243 e. The molecule has 1 amide bonds. The molecule has 0 aromatic heterocycles. The van der Waals surface area contributed by atoms with Crippen LogP contribution in [-0.4, -0.2) is 56.4 Å². The van der Waals surface area contributed by atoms with Crippen molar-refractivity contribution in [3.8, 4) is 0 Å². The summed E-state index contributed by atoms with van der Waals surface area (Å²) in [6.07, 6.45) is 1.48. The Morgan fingerprint density at radius 2 is 2.08 bits per heavy atom. The van der Waals surface area contributed by atoms with Crippen LogP contribution >= 0.6 is 0 Å². The third-order valence-corrected chi connectivity index (χ3v) is 7.21. The maximum Gasteiger partial charge on any atom is 0.243 e. The number of carbonyl (C=O) groups excluding carboxylic acids is 1. The van der Waals surface area contributed by atoms with Crippen LogP contribution in [0.3, 0.4) is 0 Å². The number of sulfonamides is 1. The molecule has 25 heavy (non-hydrogen) atoms. The highest BCUT2D eigenvalue weighted by Gasteiger charge is 2.31. The Balaban J connectivity index is 1.78. The Bertz CT molecular complexity index is 754. The first-order valence-electron chi connectivity index (χ1n) is 8.77. The minimum absolute atomic E-state index is 0.0270. The lowest BCUT2D eigenvalue weighted by Crippen LogP contribution is -2.40. The molecule has 0 radical (unpaired) electrons. The lowest BCUT2D eigenvalue weighted by Gasteiger charge is -2.31. The zero-order chi connectivity index (χ0) is 18.2. The summed E-state index contributed by atoms with van der Waals surface area (Å²) in [5.41, 5.74) is 2.05. The molecule has 1 saturated heterocycles. The van der Waals surface area contributed by atoms with E-state index in [0.29, 0.717) is 37.6 Å². The third kappa shape index (κ3) is 3.59. The number of carbonyl (C=O) groups is 1. The number of fused-ring (bicyclic) bond motifs is 1. The van der Waals surface area contributed by atoms with Crippen LogP contribution in [0.4, 0.5) is 0 Å². The van der Waals surface area contributed by atoms with E-state index in [2.05, 4.69) is 0 Å². The SMILES string of the molecule is CC(C)N(C)S(=O)(=O)c1ccc2c(c1)CCN(C(=O)[C@@H]1CCOC1)C2. The molecule has 0 N–H and O–H groups in total. The Morgan fingerprint density at radius 3 is 2.72 bits per heavy atom. The van der Waals surface area contributed by atoms with Crippen LogP contribution in [0.2, 0.25) is 0 Å². The number of hydrogen-bond acceptors (Lipinski definition) is 4. The van der Waals surface area contributed by atoms with E-state index in [-0.39, 0.29) is 17.9 Å². The molecule has 2 heterocycles. The van der Waals surface area contributed by atoms with Crippen molar-refractivity contribution in [2.24, 2.45) is 5.92 Å². The third-order valence-electron chi connectivity index (χ3n) is 5.18. The molecule has 6 nitrogen and oxygen atoms in total. The minimum atomic E-state index is -3.48. The highest BCUT2D eigenvalue weighted by molar-refractivity contribution is 7.89. The Labute approximate surface area is 149 Å². The van der Waals surface area contributed by atoms with Gasteiger partial charge in [0, 0.05) is 32.8 Å². The summed E-state index contributed by atoms with van der Waals surface area (Å²) in [6.45, 7) is 6.06. The van der Waals surface area contributed by atoms with E-state index in [0.717, 1.165) is 17.5 Å². The van der Waals surface area contributed by atoms with Crippen LogP contribution in [-0.2, 0) is 32.5 Å². The summed E-state index contributed by atoms with van der Waals surface area (Å²) in [6, 6.07) is 5.17. The lowest BCUT2D eigenvalue weighted by molar-refractivity contribution is -0.136. The zero-order valence-corrected chi connectivity index (χ0v) is 15.9. The molecule has 0 bridgehead atoms. The van der Waals surface area contributed by atoms with Gasteiger partial charge in [0.25, 0.3) is 0 Å². The second kappa shape index (κ2) is 7.05. The molecule has 0 unspecified atom stereocenters. The molecular formula is C18H26N2O4S. The topological polar surface area (TPSA) is 66.9 Å². The van der Waals surface area contributed by atoms with Crippen LogP contribution in [0.5, 0.6) is 0 Å². The molecule has 0 aliphatic carbocycles. The van der Waals surface area contributed by atoms with Crippen molar-refractivity contribution in [1.29, 1.82) is 0 Å². The number of rotatable bonds is 4. The molecule has 1 atom stereocenters. The average molecular weight is 366 g/mol. The molecule has 0 spiro atoms. The molecule has 1 aromatic rings. The van der Waals surface area contributed by atoms with Gasteiger partial charge in [0.2, 0.25) is 15.9 Å². The maximum atomic E-state index is 12.7. The first-order valence-corrected chi connectivity index (χ1v) is 10.2. The quantitative estimate of drug-likeness (QED) is 0.812. The fourth-order valence-electron chi connectivity index (χ4n) is 3.31. The fraction of sp³-hybridized carbons (Fsp3) is 0.611. The van der Waals surface area contributed by atoms with E-state index in [4.69, 9.17) is 4.74 Å². The van der Waals surface area contributed by atoms with Crippen LogP contribution in [0.1, 0.15) is 31.4 Å². The normalized spacial score (nSPS) is 21.0. The van der Waals surface area contributed by atoms with Gasteiger partial charge in [0.05, 0.1) is 17.4 Å². The summed E-state index contributed by atoms with van der Waals surface area (Å²) >= 11 is 0. The first kappa shape index (κ1) is 18.4. The first-order chi connectivity index (χ1) is 11.8. The fourth-order valence-corrected chi connectivity index (χ4v) is 4.73. The van der Waals surface area contributed by atoms with Crippen molar-refractivity contribution in [2.75, 3.05) is 26.8 Å². The van der Waals surface area contributed by atoms with E-state index in [1.54, 1.807) is 19.2 Å². The average Bonchev–Trinajstić information content (AvgIpc) is 3.13. The van der Waals surface area contributed by atoms with Crippen LogP contribution in [0.25, 0.3) is 0 Å². The Hall–Kier alpha value is -1.44. The summed E-state index contributed by atoms with van der Waals surface area (Å²) in [5.74, 6) is 0.125. The van der Waals surface area contributed by atoms with Crippen LogP contribution in [0, 0.1) is 5.92 Å². The monoisotopic (exact) mass is 366 g/mol. The van der Waals surface area contributed by atoms with Gasteiger partial charge < -0.3 is 9.64 Å². The molecule has 0 saturated carbocycles. The molecule has 2 aliphatic rings. The number of nitrogens with zero attached hydrogens (tertiary/aromatic N) is 2. The zero-order valence-electron chi connectivity index (χ0n) is 15.1. The summed E-state index contributed by atoms with van der Waals surface area (Å²) in [4.78, 5) is 14.7. The predicted octanol–water partition coefficient (Wildman–Crippen LogP) is 1.64. The van der Waals surface area contributed by atoms with Gasteiger partial charge in [-0.2, -0.15) is 4.31 Å². The van der Waals surface area contributed by atoms with Crippen LogP contribution < -0.4 is 0 Å². The van der Waals surface area contributed by atoms with Gasteiger partial charge in [-0.05, 0) is 49.9 Å². The van der Waals surface area contributed by atoms with Crippen molar-refractivity contribution in [2.45, 2.75) is 44.2 Å². The maximum absolute atomic E-state index is 12.7. The number of amides is 1. The van der Waals surface area contributed by atoms with Crippen molar-refractivity contribution in [3.63, 3.8) is 0 Å². The van der Waals surface area contributed by atoms with Gasteiger partial charge in [-0.1, -0.05) is 6.07 Å². The summed E-state index contributed by atoms with van der Waals surface area (Å²) < 4.78 is 32.0. The Kier molecular flexibility index (Phi) is 5.18. The highest BCUT2D eigenvalue weighted by atomic mass is 32.2. The number of hydrogen-bond donors (Lipinski definition) is 0. The van der Waals surface area contributed by atoms with Gasteiger partial charge in [0.1, 0.15) is 0 Å². The van der Waals surface area contributed by atoms with E-state index in [1.807, 2.05) is 24.8 Å². The number of benzene rings is 1. The molecular weight excluding hydrogens is 340 g/mol. The summed E-state index contributed by atoms with van der Waals surface area (Å²) in [7, 11) is -1.88. The van der Waals surface area contributed by atoms with Crippen LogP contribution in [0.15, 0.2) is 23.1 Å². The van der Waals surface area contributed by atoms with E-state index < -0.39 is 10.0 Å².